The van der Waals surface area contributed by atoms with E-state index in [2.05, 4.69) is 38.1 Å². The number of fused-ring (bicyclic) bond motifs is 1. The van der Waals surface area contributed by atoms with Crippen LogP contribution in [0.5, 0.6) is 0 Å². The number of rotatable bonds is 3. The van der Waals surface area contributed by atoms with Crippen molar-refractivity contribution < 1.29 is 5.11 Å². The lowest BCUT2D eigenvalue weighted by Crippen LogP contribution is -2.37. The summed E-state index contributed by atoms with van der Waals surface area (Å²) < 4.78 is 0. The van der Waals surface area contributed by atoms with Gasteiger partial charge in [0.1, 0.15) is 0 Å². The smallest absolute Gasteiger partial charge is 0.0693 e. The van der Waals surface area contributed by atoms with Gasteiger partial charge < -0.3 is 5.11 Å². The van der Waals surface area contributed by atoms with Gasteiger partial charge in [-0.1, -0.05) is 44.5 Å². The molecule has 88 valence electrons. The Labute approximate surface area is 98.5 Å². The first-order valence-corrected chi connectivity index (χ1v) is 6.42. The lowest BCUT2D eigenvalue weighted by atomic mass is 9.76. The van der Waals surface area contributed by atoms with Crippen molar-refractivity contribution in [2.45, 2.75) is 51.6 Å². The molecule has 0 fully saturated rings. The topological polar surface area (TPSA) is 20.2 Å². The van der Waals surface area contributed by atoms with Crippen LogP contribution in [0.2, 0.25) is 0 Å². The number of hydrogen-bond acceptors (Lipinski definition) is 1. The van der Waals surface area contributed by atoms with Gasteiger partial charge in [-0.15, -0.1) is 0 Å². The summed E-state index contributed by atoms with van der Waals surface area (Å²) in [4.78, 5) is 0. The molecule has 0 spiro atoms. The van der Waals surface area contributed by atoms with E-state index in [9.17, 15) is 5.11 Å². The normalized spacial score (nSPS) is 26.2. The summed E-state index contributed by atoms with van der Waals surface area (Å²) in [6, 6.07) is 8.53. The van der Waals surface area contributed by atoms with Gasteiger partial charge in [0.05, 0.1) is 5.60 Å². The molecule has 1 nitrogen and oxygen atoms in total. The molecule has 0 aliphatic heterocycles. The fourth-order valence-electron chi connectivity index (χ4n) is 2.75. The third-order valence-electron chi connectivity index (χ3n) is 3.92. The molecule has 1 aromatic rings. The van der Waals surface area contributed by atoms with Crippen LogP contribution in [-0.2, 0) is 12.8 Å². The predicted octanol–water partition coefficient (Wildman–Crippen LogP) is 3.34. The van der Waals surface area contributed by atoms with Crippen LogP contribution >= 0.6 is 0 Å². The fourth-order valence-corrected chi connectivity index (χ4v) is 2.75. The Morgan fingerprint density at radius 3 is 2.69 bits per heavy atom. The maximum absolute atomic E-state index is 10.6. The van der Waals surface area contributed by atoms with E-state index in [1.165, 1.54) is 11.1 Å². The highest BCUT2D eigenvalue weighted by molar-refractivity contribution is 5.31. The van der Waals surface area contributed by atoms with E-state index in [1.54, 1.807) is 0 Å². The largest absolute Gasteiger partial charge is 0.390 e. The number of aliphatic hydroxyl groups is 1. The van der Waals surface area contributed by atoms with Crippen LogP contribution in [0, 0.1) is 5.92 Å². The molecule has 2 rings (SSSR count). The summed E-state index contributed by atoms with van der Waals surface area (Å²) in [5, 5.41) is 10.6. The molecule has 2 unspecified atom stereocenters. The minimum atomic E-state index is -0.455. The van der Waals surface area contributed by atoms with Crippen LogP contribution < -0.4 is 0 Å². The molecule has 0 saturated heterocycles. The van der Waals surface area contributed by atoms with Gasteiger partial charge in [0.15, 0.2) is 0 Å². The number of aryl methyl sites for hydroxylation is 1. The molecule has 0 bridgehead atoms. The van der Waals surface area contributed by atoms with Crippen LogP contribution in [0.25, 0.3) is 0 Å². The fraction of sp³-hybridized carbons (Fsp3) is 0.600. The Bertz CT molecular complexity index is 358. The molecule has 1 N–H and O–H groups in total. The molecule has 1 aromatic carbocycles. The summed E-state index contributed by atoms with van der Waals surface area (Å²) in [5.74, 6) is 0.621. The van der Waals surface area contributed by atoms with Crippen molar-refractivity contribution in [3.8, 4) is 0 Å². The minimum absolute atomic E-state index is 0.455. The molecule has 1 aliphatic rings. The first-order valence-electron chi connectivity index (χ1n) is 6.42. The van der Waals surface area contributed by atoms with Crippen molar-refractivity contribution in [1.29, 1.82) is 0 Å². The van der Waals surface area contributed by atoms with Crippen LogP contribution in [0.1, 0.15) is 44.2 Å². The Morgan fingerprint density at radius 1 is 1.31 bits per heavy atom. The molecule has 0 heterocycles. The van der Waals surface area contributed by atoms with E-state index >= 15 is 0 Å². The van der Waals surface area contributed by atoms with E-state index in [1.807, 2.05) is 0 Å². The zero-order chi connectivity index (χ0) is 11.6. The van der Waals surface area contributed by atoms with Crippen molar-refractivity contribution >= 4 is 0 Å². The maximum atomic E-state index is 10.6. The van der Waals surface area contributed by atoms with E-state index < -0.39 is 5.60 Å². The molecule has 16 heavy (non-hydrogen) atoms. The summed E-state index contributed by atoms with van der Waals surface area (Å²) in [6.07, 6.45) is 4.90. The molecule has 1 heteroatoms. The van der Waals surface area contributed by atoms with Gasteiger partial charge in [-0.2, -0.15) is 0 Å². The highest BCUT2D eigenvalue weighted by Gasteiger charge is 2.32. The van der Waals surface area contributed by atoms with Gasteiger partial charge in [-0.25, -0.2) is 0 Å². The Hall–Kier alpha value is -0.820. The first-order chi connectivity index (χ1) is 7.63. The molecule has 2 atom stereocenters. The molecular weight excluding hydrogens is 196 g/mol. The SMILES string of the molecule is CCC(C)CC1(O)CCc2ccccc2C1. The van der Waals surface area contributed by atoms with Gasteiger partial charge in [-0.05, 0) is 36.3 Å². The van der Waals surface area contributed by atoms with Crippen molar-refractivity contribution in [3.63, 3.8) is 0 Å². The Balaban J connectivity index is 2.11. The predicted molar refractivity (Wildman–Crippen MR) is 67.5 cm³/mol. The lowest BCUT2D eigenvalue weighted by molar-refractivity contribution is 0.00424. The van der Waals surface area contributed by atoms with Gasteiger partial charge in [-0.3, -0.25) is 0 Å². The molecule has 0 amide bonds. The van der Waals surface area contributed by atoms with Crippen LogP contribution in [0.4, 0.5) is 0 Å². The zero-order valence-corrected chi connectivity index (χ0v) is 10.4. The highest BCUT2D eigenvalue weighted by Crippen LogP contribution is 2.33. The summed E-state index contributed by atoms with van der Waals surface area (Å²) in [5.41, 5.74) is 2.32. The van der Waals surface area contributed by atoms with Crippen LogP contribution in [-0.4, -0.2) is 10.7 Å². The standard InChI is InChI=1S/C15H22O/c1-3-12(2)10-15(16)9-8-13-6-4-5-7-14(13)11-15/h4-7,12,16H,3,8-11H2,1-2H3. The third-order valence-corrected chi connectivity index (χ3v) is 3.92. The molecule has 0 aromatic heterocycles. The molecular formula is C15H22O. The summed E-state index contributed by atoms with van der Waals surface area (Å²) in [6.45, 7) is 4.43. The summed E-state index contributed by atoms with van der Waals surface area (Å²) >= 11 is 0. The van der Waals surface area contributed by atoms with Gasteiger partial charge in [0, 0.05) is 6.42 Å². The van der Waals surface area contributed by atoms with Gasteiger partial charge in [0.25, 0.3) is 0 Å². The first kappa shape index (κ1) is 11.7. The third kappa shape index (κ3) is 2.46. The summed E-state index contributed by atoms with van der Waals surface area (Å²) in [7, 11) is 0. The van der Waals surface area contributed by atoms with E-state index in [0.29, 0.717) is 5.92 Å². The van der Waals surface area contributed by atoms with Gasteiger partial charge >= 0.3 is 0 Å². The average Bonchev–Trinajstić information content (AvgIpc) is 2.28. The van der Waals surface area contributed by atoms with E-state index in [0.717, 1.165) is 32.1 Å². The Morgan fingerprint density at radius 2 is 2.00 bits per heavy atom. The Kier molecular flexibility index (Phi) is 3.34. The van der Waals surface area contributed by atoms with Crippen LogP contribution in [0.3, 0.4) is 0 Å². The van der Waals surface area contributed by atoms with Crippen molar-refractivity contribution in [2.75, 3.05) is 0 Å². The molecule has 0 radical (unpaired) electrons. The maximum Gasteiger partial charge on any atom is 0.0693 e. The quantitative estimate of drug-likeness (QED) is 0.825. The average molecular weight is 218 g/mol. The van der Waals surface area contributed by atoms with Crippen LogP contribution in [0.15, 0.2) is 24.3 Å². The highest BCUT2D eigenvalue weighted by atomic mass is 16.3. The molecule has 0 saturated carbocycles. The number of benzene rings is 1. The van der Waals surface area contributed by atoms with Gasteiger partial charge in [0.2, 0.25) is 0 Å². The monoisotopic (exact) mass is 218 g/mol. The second kappa shape index (κ2) is 4.58. The lowest BCUT2D eigenvalue weighted by Gasteiger charge is -2.35. The minimum Gasteiger partial charge on any atom is -0.390 e. The molecule has 1 aliphatic carbocycles. The van der Waals surface area contributed by atoms with Crippen molar-refractivity contribution in [2.24, 2.45) is 5.92 Å². The second-order valence-electron chi connectivity index (χ2n) is 5.39. The zero-order valence-electron chi connectivity index (χ0n) is 10.4. The van der Waals surface area contributed by atoms with Crippen molar-refractivity contribution in [1.82, 2.24) is 0 Å². The number of hydrogen-bond donors (Lipinski definition) is 1. The van der Waals surface area contributed by atoms with E-state index in [4.69, 9.17) is 0 Å². The second-order valence-corrected chi connectivity index (χ2v) is 5.39. The van der Waals surface area contributed by atoms with Crippen molar-refractivity contribution in [3.05, 3.63) is 35.4 Å². The van der Waals surface area contributed by atoms with E-state index in [-0.39, 0.29) is 0 Å².